The standard InChI is InChI=1S/C18H18BrN3O3/c1-22(2)14-8-7-12(9-13(14)19)10-20-21-18(23)17-11-24-15-5-3-4-6-16(15)25-17/h3-10,17H,11H2,1-2H3,(H,21,23)/t17-/m1/s1. The smallest absolute Gasteiger partial charge is 0.284 e. The molecule has 2 aromatic carbocycles. The maximum absolute atomic E-state index is 12.2. The first-order valence-corrected chi connectivity index (χ1v) is 8.52. The Hall–Kier alpha value is -2.54. The normalized spacial score (nSPS) is 15.9. The van der Waals surface area contributed by atoms with Gasteiger partial charge in [-0.25, -0.2) is 5.43 Å². The van der Waals surface area contributed by atoms with Gasteiger partial charge in [0.1, 0.15) is 6.61 Å². The molecule has 0 unspecified atom stereocenters. The molecule has 3 rings (SSSR count). The van der Waals surface area contributed by atoms with Crippen LogP contribution in [0.5, 0.6) is 11.5 Å². The molecule has 0 fully saturated rings. The topological polar surface area (TPSA) is 63.2 Å². The van der Waals surface area contributed by atoms with Crippen molar-refractivity contribution in [3.05, 3.63) is 52.5 Å². The van der Waals surface area contributed by atoms with Crippen molar-refractivity contribution in [3.8, 4) is 11.5 Å². The van der Waals surface area contributed by atoms with E-state index in [1.165, 1.54) is 0 Å². The van der Waals surface area contributed by atoms with Crippen LogP contribution in [0.4, 0.5) is 5.69 Å². The lowest BCUT2D eigenvalue weighted by atomic mass is 10.2. The Balaban J connectivity index is 1.59. The molecule has 1 amide bonds. The number of nitrogens with one attached hydrogen (secondary N) is 1. The quantitative estimate of drug-likeness (QED) is 0.629. The summed E-state index contributed by atoms with van der Waals surface area (Å²) in [4.78, 5) is 14.2. The molecule has 1 atom stereocenters. The number of para-hydroxylation sites is 2. The van der Waals surface area contributed by atoms with E-state index in [-0.39, 0.29) is 12.5 Å². The van der Waals surface area contributed by atoms with Crippen LogP contribution in [0.25, 0.3) is 0 Å². The largest absolute Gasteiger partial charge is 0.485 e. The van der Waals surface area contributed by atoms with Gasteiger partial charge in [0.15, 0.2) is 11.5 Å². The second-order valence-electron chi connectivity index (χ2n) is 5.70. The first-order chi connectivity index (χ1) is 12.0. The number of hydrogen-bond acceptors (Lipinski definition) is 5. The van der Waals surface area contributed by atoms with Gasteiger partial charge >= 0.3 is 0 Å². The molecule has 25 heavy (non-hydrogen) atoms. The van der Waals surface area contributed by atoms with Gasteiger partial charge in [-0.2, -0.15) is 5.10 Å². The highest BCUT2D eigenvalue weighted by molar-refractivity contribution is 9.10. The summed E-state index contributed by atoms with van der Waals surface area (Å²) in [7, 11) is 3.94. The molecule has 0 bridgehead atoms. The van der Waals surface area contributed by atoms with E-state index in [1.54, 1.807) is 18.3 Å². The molecule has 1 aliphatic heterocycles. The summed E-state index contributed by atoms with van der Waals surface area (Å²) in [5.74, 6) is 0.844. The summed E-state index contributed by atoms with van der Waals surface area (Å²) < 4.78 is 12.1. The molecule has 0 radical (unpaired) electrons. The van der Waals surface area contributed by atoms with E-state index < -0.39 is 6.10 Å². The van der Waals surface area contributed by atoms with Crippen molar-refractivity contribution in [1.82, 2.24) is 5.43 Å². The number of amides is 1. The second-order valence-corrected chi connectivity index (χ2v) is 6.56. The van der Waals surface area contributed by atoms with Crippen LogP contribution in [0.3, 0.4) is 0 Å². The molecule has 0 aliphatic carbocycles. The third-order valence-corrected chi connectivity index (χ3v) is 4.28. The number of nitrogens with zero attached hydrogens (tertiary/aromatic N) is 2. The molecule has 0 saturated carbocycles. The lowest BCUT2D eigenvalue weighted by molar-refractivity contribution is -0.130. The van der Waals surface area contributed by atoms with E-state index >= 15 is 0 Å². The number of benzene rings is 2. The molecule has 1 heterocycles. The van der Waals surface area contributed by atoms with E-state index in [0.29, 0.717) is 11.5 Å². The van der Waals surface area contributed by atoms with E-state index in [4.69, 9.17) is 9.47 Å². The minimum Gasteiger partial charge on any atom is -0.485 e. The predicted molar refractivity (Wildman–Crippen MR) is 101 cm³/mol. The number of rotatable bonds is 4. The lowest BCUT2D eigenvalue weighted by Gasteiger charge is -2.24. The Kier molecular flexibility index (Phi) is 5.23. The molecular formula is C18H18BrN3O3. The molecule has 7 heteroatoms. The highest BCUT2D eigenvalue weighted by Crippen LogP contribution is 2.30. The zero-order valence-corrected chi connectivity index (χ0v) is 15.5. The summed E-state index contributed by atoms with van der Waals surface area (Å²) in [5, 5.41) is 3.99. The third kappa shape index (κ3) is 4.11. The molecule has 2 aromatic rings. The maximum Gasteiger partial charge on any atom is 0.284 e. The first-order valence-electron chi connectivity index (χ1n) is 7.73. The zero-order valence-electron chi connectivity index (χ0n) is 13.9. The van der Waals surface area contributed by atoms with Crippen molar-refractivity contribution in [1.29, 1.82) is 0 Å². The predicted octanol–water partition coefficient (Wildman–Crippen LogP) is 2.81. The molecule has 0 aromatic heterocycles. The third-order valence-electron chi connectivity index (χ3n) is 3.64. The molecule has 1 N–H and O–H groups in total. The minimum atomic E-state index is -0.727. The number of hydrogen-bond donors (Lipinski definition) is 1. The van der Waals surface area contributed by atoms with Crippen molar-refractivity contribution in [2.75, 3.05) is 25.6 Å². The molecule has 0 saturated heterocycles. The van der Waals surface area contributed by atoms with Crippen LogP contribution in [-0.2, 0) is 4.79 Å². The number of ether oxygens (including phenoxy) is 2. The number of hydrazone groups is 1. The Bertz CT molecular complexity index is 808. The molecule has 6 nitrogen and oxygen atoms in total. The zero-order chi connectivity index (χ0) is 17.8. The monoisotopic (exact) mass is 403 g/mol. The van der Waals surface area contributed by atoms with Crippen molar-refractivity contribution in [2.24, 2.45) is 5.10 Å². The summed E-state index contributed by atoms with van der Waals surface area (Å²) in [6.07, 6.45) is 0.856. The van der Waals surface area contributed by atoms with Crippen LogP contribution >= 0.6 is 15.9 Å². The SMILES string of the molecule is CN(C)c1ccc(C=NNC(=O)[C@H]2COc3ccccc3O2)cc1Br. The lowest BCUT2D eigenvalue weighted by Crippen LogP contribution is -2.42. The van der Waals surface area contributed by atoms with Gasteiger partial charge in [0, 0.05) is 18.6 Å². The summed E-state index contributed by atoms with van der Waals surface area (Å²) in [6.45, 7) is 0.154. The van der Waals surface area contributed by atoms with Crippen LogP contribution in [0, 0.1) is 0 Å². The summed E-state index contributed by atoms with van der Waals surface area (Å²) in [6, 6.07) is 13.1. The second kappa shape index (κ2) is 7.57. The number of fused-ring (bicyclic) bond motifs is 1. The van der Waals surface area contributed by atoms with Crippen LogP contribution < -0.4 is 19.8 Å². The minimum absolute atomic E-state index is 0.154. The van der Waals surface area contributed by atoms with E-state index in [0.717, 1.165) is 15.7 Å². The van der Waals surface area contributed by atoms with E-state index in [2.05, 4.69) is 26.5 Å². The van der Waals surface area contributed by atoms with Crippen molar-refractivity contribution in [3.63, 3.8) is 0 Å². The first kappa shape index (κ1) is 17.3. The molecule has 1 aliphatic rings. The van der Waals surface area contributed by atoms with Gasteiger partial charge in [0.05, 0.1) is 11.9 Å². The Morgan fingerprint density at radius 3 is 2.76 bits per heavy atom. The van der Waals surface area contributed by atoms with Gasteiger partial charge in [-0.05, 0) is 45.8 Å². The number of anilines is 1. The number of carbonyl (C=O) groups is 1. The maximum atomic E-state index is 12.2. The Labute approximate surface area is 154 Å². The summed E-state index contributed by atoms with van der Waals surface area (Å²) >= 11 is 3.52. The van der Waals surface area contributed by atoms with Crippen molar-refractivity contribution >= 4 is 33.7 Å². The van der Waals surface area contributed by atoms with Crippen LogP contribution in [0.15, 0.2) is 52.0 Å². The van der Waals surface area contributed by atoms with E-state index in [1.807, 2.05) is 49.3 Å². The van der Waals surface area contributed by atoms with Gasteiger partial charge in [-0.15, -0.1) is 0 Å². The average Bonchev–Trinajstić information content (AvgIpc) is 2.61. The van der Waals surface area contributed by atoms with Gasteiger partial charge < -0.3 is 14.4 Å². The van der Waals surface area contributed by atoms with Gasteiger partial charge in [0.25, 0.3) is 5.91 Å². The average molecular weight is 404 g/mol. The van der Waals surface area contributed by atoms with E-state index in [9.17, 15) is 4.79 Å². The van der Waals surface area contributed by atoms with Gasteiger partial charge in [-0.3, -0.25) is 4.79 Å². The molecule has 130 valence electrons. The fraction of sp³-hybridized carbons (Fsp3) is 0.222. The van der Waals surface area contributed by atoms with Crippen LogP contribution in [0.1, 0.15) is 5.56 Å². The van der Waals surface area contributed by atoms with Crippen LogP contribution in [-0.4, -0.2) is 38.9 Å². The van der Waals surface area contributed by atoms with Crippen molar-refractivity contribution in [2.45, 2.75) is 6.10 Å². The number of carbonyl (C=O) groups excluding carboxylic acids is 1. The fourth-order valence-corrected chi connectivity index (χ4v) is 3.11. The summed E-state index contributed by atoms with van der Waals surface area (Å²) in [5.41, 5.74) is 4.42. The van der Waals surface area contributed by atoms with Gasteiger partial charge in [-0.1, -0.05) is 18.2 Å². The van der Waals surface area contributed by atoms with Crippen molar-refractivity contribution < 1.29 is 14.3 Å². The van der Waals surface area contributed by atoms with Gasteiger partial charge in [0.2, 0.25) is 6.10 Å². The Morgan fingerprint density at radius 2 is 2.04 bits per heavy atom. The van der Waals surface area contributed by atoms with Crippen LogP contribution in [0.2, 0.25) is 0 Å². The molecular weight excluding hydrogens is 386 g/mol. The molecule has 0 spiro atoms. The highest BCUT2D eigenvalue weighted by Gasteiger charge is 2.26. The fourth-order valence-electron chi connectivity index (χ4n) is 2.36. The Morgan fingerprint density at radius 1 is 1.28 bits per heavy atom. The number of halogens is 1. The highest BCUT2D eigenvalue weighted by atomic mass is 79.9.